The van der Waals surface area contributed by atoms with Crippen LogP contribution in [0.4, 0.5) is 5.69 Å². The maximum absolute atomic E-state index is 12.2. The maximum atomic E-state index is 12.2. The summed E-state index contributed by atoms with van der Waals surface area (Å²) in [5.74, 6) is -0.0949. The van der Waals surface area contributed by atoms with Crippen LogP contribution in [0.25, 0.3) is 0 Å². The fourth-order valence-electron chi connectivity index (χ4n) is 1.89. The summed E-state index contributed by atoms with van der Waals surface area (Å²) in [6, 6.07) is 11.4. The Hall–Kier alpha value is -1.13. The summed E-state index contributed by atoms with van der Waals surface area (Å²) in [7, 11) is 0. The molecule has 2 rings (SSSR count). The van der Waals surface area contributed by atoms with Crippen molar-refractivity contribution >= 4 is 43.5 Å². The molecule has 0 heterocycles. The molecular formula is C15H13Br2NO. The van der Waals surface area contributed by atoms with Gasteiger partial charge >= 0.3 is 0 Å². The molecule has 2 aromatic rings. The highest BCUT2D eigenvalue weighted by atomic mass is 79.9. The van der Waals surface area contributed by atoms with Gasteiger partial charge in [0.1, 0.15) is 0 Å². The van der Waals surface area contributed by atoms with Gasteiger partial charge in [0.15, 0.2) is 0 Å². The molecule has 0 spiro atoms. The quantitative estimate of drug-likeness (QED) is 0.770. The van der Waals surface area contributed by atoms with Crippen molar-refractivity contribution in [3.63, 3.8) is 0 Å². The molecule has 0 saturated carbocycles. The third-order valence-corrected chi connectivity index (χ3v) is 3.68. The van der Waals surface area contributed by atoms with Crippen LogP contribution in [0.5, 0.6) is 0 Å². The standard InChI is InChI=1S/C15H13Br2NO/c1-9-5-12(17)8-13(6-9)18-15(19)14-4-3-11(16)7-10(14)2/h3-8H,1-2H3,(H,18,19). The van der Waals surface area contributed by atoms with E-state index in [1.165, 1.54) is 0 Å². The molecule has 19 heavy (non-hydrogen) atoms. The number of aryl methyl sites for hydroxylation is 2. The lowest BCUT2D eigenvalue weighted by Crippen LogP contribution is -2.13. The van der Waals surface area contributed by atoms with Crippen LogP contribution in [0.15, 0.2) is 45.3 Å². The predicted octanol–water partition coefficient (Wildman–Crippen LogP) is 5.08. The monoisotopic (exact) mass is 381 g/mol. The third-order valence-electron chi connectivity index (χ3n) is 2.73. The van der Waals surface area contributed by atoms with Crippen LogP contribution in [0.3, 0.4) is 0 Å². The molecule has 0 unspecified atom stereocenters. The number of hydrogen-bond donors (Lipinski definition) is 1. The normalized spacial score (nSPS) is 10.3. The largest absolute Gasteiger partial charge is 0.322 e. The molecule has 0 bridgehead atoms. The van der Waals surface area contributed by atoms with Gasteiger partial charge in [0.05, 0.1) is 0 Å². The molecule has 0 saturated heterocycles. The van der Waals surface area contributed by atoms with E-state index in [2.05, 4.69) is 37.2 Å². The van der Waals surface area contributed by atoms with Crippen LogP contribution in [0, 0.1) is 13.8 Å². The first-order valence-corrected chi connectivity index (χ1v) is 7.39. The van der Waals surface area contributed by atoms with Crippen molar-refractivity contribution in [2.75, 3.05) is 5.32 Å². The molecule has 0 radical (unpaired) electrons. The van der Waals surface area contributed by atoms with E-state index in [0.717, 1.165) is 25.8 Å². The van der Waals surface area contributed by atoms with Crippen molar-refractivity contribution in [1.82, 2.24) is 0 Å². The lowest BCUT2D eigenvalue weighted by atomic mass is 10.1. The van der Waals surface area contributed by atoms with Gasteiger partial charge in [-0.25, -0.2) is 0 Å². The van der Waals surface area contributed by atoms with Gasteiger partial charge in [-0.1, -0.05) is 31.9 Å². The Labute approximate surface area is 129 Å². The van der Waals surface area contributed by atoms with Crippen LogP contribution in [-0.4, -0.2) is 5.91 Å². The van der Waals surface area contributed by atoms with Gasteiger partial charge < -0.3 is 5.32 Å². The van der Waals surface area contributed by atoms with E-state index in [9.17, 15) is 4.79 Å². The van der Waals surface area contributed by atoms with Crippen molar-refractivity contribution in [1.29, 1.82) is 0 Å². The first kappa shape index (κ1) is 14.3. The molecule has 0 aliphatic carbocycles. The number of rotatable bonds is 2. The molecule has 4 heteroatoms. The minimum Gasteiger partial charge on any atom is -0.322 e. The van der Waals surface area contributed by atoms with Gasteiger partial charge in [0, 0.05) is 20.2 Å². The van der Waals surface area contributed by atoms with Crippen LogP contribution in [-0.2, 0) is 0 Å². The Balaban J connectivity index is 2.25. The second kappa shape index (κ2) is 5.88. The average molecular weight is 383 g/mol. The van der Waals surface area contributed by atoms with Gasteiger partial charge in [-0.15, -0.1) is 0 Å². The van der Waals surface area contributed by atoms with Crippen LogP contribution in [0.1, 0.15) is 21.5 Å². The predicted molar refractivity (Wildman–Crippen MR) is 85.7 cm³/mol. The fourth-order valence-corrected chi connectivity index (χ4v) is 2.97. The smallest absolute Gasteiger partial charge is 0.255 e. The van der Waals surface area contributed by atoms with E-state index >= 15 is 0 Å². The highest BCUT2D eigenvalue weighted by Crippen LogP contribution is 2.21. The lowest BCUT2D eigenvalue weighted by Gasteiger charge is -2.09. The molecular weight excluding hydrogens is 370 g/mol. The summed E-state index contributed by atoms with van der Waals surface area (Å²) >= 11 is 6.82. The van der Waals surface area contributed by atoms with Gasteiger partial charge in [-0.2, -0.15) is 0 Å². The number of hydrogen-bond acceptors (Lipinski definition) is 1. The number of anilines is 1. The van der Waals surface area contributed by atoms with Gasteiger partial charge in [0.2, 0.25) is 0 Å². The van der Waals surface area contributed by atoms with E-state index in [-0.39, 0.29) is 5.91 Å². The van der Waals surface area contributed by atoms with Crippen molar-refractivity contribution in [2.45, 2.75) is 13.8 Å². The van der Waals surface area contributed by atoms with Gasteiger partial charge in [0.25, 0.3) is 5.91 Å². The first-order chi connectivity index (χ1) is 8.95. The second-order valence-electron chi connectivity index (χ2n) is 4.43. The minimum atomic E-state index is -0.0949. The zero-order valence-corrected chi connectivity index (χ0v) is 13.8. The summed E-state index contributed by atoms with van der Waals surface area (Å²) in [5.41, 5.74) is 3.51. The summed E-state index contributed by atoms with van der Waals surface area (Å²) < 4.78 is 1.93. The van der Waals surface area contributed by atoms with E-state index in [1.54, 1.807) is 0 Å². The molecule has 0 atom stereocenters. The molecule has 98 valence electrons. The molecule has 1 amide bonds. The average Bonchev–Trinajstić information content (AvgIpc) is 2.26. The molecule has 1 N–H and O–H groups in total. The number of amides is 1. The molecule has 0 aromatic heterocycles. The van der Waals surface area contributed by atoms with Crippen LogP contribution in [0.2, 0.25) is 0 Å². The molecule has 2 aromatic carbocycles. The Kier molecular flexibility index (Phi) is 4.42. The van der Waals surface area contributed by atoms with Crippen molar-refractivity contribution in [2.24, 2.45) is 0 Å². The Morgan fingerprint density at radius 2 is 1.74 bits per heavy atom. The van der Waals surface area contributed by atoms with Crippen molar-refractivity contribution in [3.05, 3.63) is 62.0 Å². The third kappa shape index (κ3) is 3.67. The van der Waals surface area contributed by atoms with Crippen LogP contribution >= 0.6 is 31.9 Å². The summed E-state index contributed by atoms with van der Waals surface area (Å²) in [6.07, 6.45) is 0. The zero-order chi connectivity index (χ0) is 14.0. The minimum absolute atomic E-state index is 0.0949. The number of nitrogens with one attached hydrogen (secondary N) is 1. The van der Waals surface area contributed by atoms with Crippen molar-refractivity contribution < 1.29 is 4.79 Å². The first-order valence-electron chi connectivity index (χ1n) is 5.80. The number of benzene rings is 2. The highest BCUT2D eigenvalue weighted by Gasteiger charge is 2.10. The SMILES string of the molecule is Cc1cc(Br)cc(NC(=O)c2ccc(Br)cc2C)c1. The van der Waals surface area contributed by atoms with Gasteiger partial charge in [-0.3, -0.25) is 4.79 Å². The summed E-state index contributed by atoms with van der Waals surface area (Å²) in [6.45, 7) is 3.91. The Bertz CT molecular complexity index is 618. The Morgan fingerprint density at radius 3 is 2.37 bits per heavy atom. The number of halogens is 2. The number of carbonyl (C=O) groups excluding carboxylic acids is 1. The van der Waals surface area contributed by atoms with Crippen molar-refractivity contribution in [3.8, 4) is 0 Å². The Morgan fingerprint density at radius 1 is 1.00 bits per heavy atom. The van der Waals surface area contributed by atoms with E-state index in [1.807, 2.05) is 50.2 Å². The highest BCUT2D eigenvalue weighted by molar-refractivity contribution is 9.10. The maximum Gasteiger partial charge on any atom is 0.255 e. The van der Waals surface area contributed by atoms with E-state index < -0.39 is 0 Å². The molecule has 0 aliphatic rings. The summed E-state index contributed by atoms with van der Waals surface area (Å²) in [5, 5.41) is 2.92. The lowest BCUT2D eigenvalue weighted by molar-refractivity contribution is 0.102. The molecule has 0 aliphatic heterocycles. The van der Waals surface area contributed by atoms with E-state index in [0.29, 0.717) is 5.56 Å². The topological polar surface area (TPSA) is 29.1 Å². The van der Waals surface area contributed by atoms with Gasteiger partial charge in [-0.05, 0) is 61.4 Å². The zero-order valence-electron chi connectivity index (χ0n) is 10.6. The molecule has 0 fully saturated rings. The second-order valence-corrected chi connectivity index (χ2v) is 6.26. The number of carbonyl (C=O) groups is 1. The summed E-state index contributed by atoms with van der Waals surface area (Å²) in [4.78, 5) is 12.2. The van der Waals surface area contributed by atoms with Crippen LogP contribution < -0.4 is 5.32 Å². The fraction of sp³-hybridized carbons (Fsp3) is 0.133. The van der Waals surface area contributed by atoms with E-state index in [4.69, 9.17) is 0 Å². The molecule has 2 nitrogen and oxygen atoms in total.